The van der Waals surface area contributed by atoms with Gasteiger partial charge in [0.1, 0.15) is 11.3 Å². The van der Waals surface area contributed by atoms with E-state index in [4.69, 9.17) is 16.3 Å². The van der Waals surface area contributed by atoms with Crippen LogP contribution in [0, 0.1) is 0 Å². The zero-order chi connectivity index (χ0) is 21.7. The number of carbonyl (C=O) groups excluding carboxylic acids is 2. The third kappa shape index (κ3) is 5.29. The van der Waals surface area contributed by atoms with Gasteiger partial charge < -0.3 is 15.2 Å². The number of nitrogens with zero attached hydrogens (tertiary/aromatic N) is 1. The Bertz CT molecular complexity index is 1050. The molecule has 1 fully saturated rings. The minimum absolute atomic E-state index is 0.0862. The second-order valence-corrected chi connectivity index (χ2v) is 9.15. The van der Waals surface area contributed by atoms with E-state index in [0.29, 0.717) is 13.1 Å². The van der Waals surface area contributed by atoms with E-state index in [2.05, 4.69) is 5.32 Å². The highest BCUT2D eigenvalue weighted by Crippen LogP contribution is 2.24. The van der Waals surface area contributed by atoms with Crippen molar-refractivity contribution in [1.82, 2.24) is 4.31 Å². The number of rotatable bonds is 6. The predicted molar refractivity (Wildman–Crippen MR) is 111 cm³/mol. The van der Waals surface area contributed by atoms with Gasteiger partial charge in [-0.1, -0.05) is 24.1 Å². The fourth-order valence-electron chi connectivity index (χ4n) is 3.07. The number of halogens is 1. The number of phenols is 1. The van der Waals surface area contributed by atoms with Gasteiger partial charge in [0.2, 0.25) is 10.0 Å². The van der Waals surface area contributed by atoms with E-state index in [-0.39, 0.29) is 26.9 Å². The van der Waals surface area contributed by atoms with Crippen LogP contribution in [0.15, 0.2) is 47.4 Å². The fraction of sp³-hybridized carbons (Fsp3) is 0.300. The van der Waals surface area contributed by atoms with Crippen molar-refractivity contribution < 1.29 is 27.9 Å². The van der Waals surface area contributed by atoms with E-state index in [1.807, 2.05) is 0 Å². The van der Waals surface area contributed by atoms with E-state index >= 15 is 0 Å². The number of piperidine rings is 1. The van der Waals surface area contributed by atoms with Crippen molar-refractivity contribution in [2.24, 2.45) is 0 Å². The Hall–Kier alpha value is -2.62. The van der Waals surface area contributed by atoms with Crippen LogP contribution in [0.3, 0.4) is 0 Å². The molecule has 1 aliphatic heterocycles. The zero-order valence-corrected chi connectivity index (χ0v) is 17.6. The molecule has 1 aliphatic rings. The molecule has 1 amide bonds. The van der Waals surface area contributed by atoms with E-state index in [9.17, 15) is 23.1 Å². The summed E-state index contributed by atoms with van der Waals surface area (Å²) < 4.78 is 31.9. The number of nitrogens with one attached hydrogen (secondary N) is 1. The first-order valence-electron chi connectivity index (χ1n) is 9.33. The van der Waals surface area contributed by atoms with Gasteiger partial charge in [0.15, 0.2) is 6.61 Å². The number of aromatic hydroxyl groups is 1. The minimum Gasteiger partial charge on any atom is -0.507 e. The lowest BCUT2D eigenvalue weighted by molar-refractivity contribution is -0.119. The smallest absolute Gasteiger partial charge is 0.342 e. The highest BCUT2D eigenvalue weighted by Gasteiger charge is 2.26. The summed E-state index contributed by atoms with van der Waals surface area (Å²) in [6.07, 6.45) is 2.65. The quantitative estimate of drug-likeness (QED) is 0.651. The van der Waals surface area contributed by atoms with Crippen LogP contribution < -0.4 is 5.32 Å². The number of hydrogen-bond acceptors (Lipinski definition) is 6. The molecule has 0 aliphatic carbocycles. The molecule has 0 bridgehead atoms. The van der Waals surface area contributed by atoms with Crippen molar-refractivity contribution in [2.45, 2.75) is 24.2 Å². The second-order valence-electron chi connectivity index (χ2n) is 6.78. The molecule has 160 valence electrons. The summed E-state index contributed by atoms with van der Waals surface area (Å²) >= 11 is 5.79. The molecule has 30 heavy (non-hydrogen) atoms. The van der Waals surface area contributed by atoms with Gasteiger partial charge in [0.25, 0.3) is 5.91 Å². The first kappa shape index (κ1) is 22.1. The van der Waals surface area contributed by atoms with Crippen LogP contribution in [0.1, 0.15) is 29.6 Å². The Kier molecular flexibility index (Phi) is 6.96. The Morgan fingerprint density at radius 3 is 2.57 bits per heavy atom. The first-order chi connectivity index (χ1) is 14.3. The number of esters is 1. The molecule has 0 unspecified atom stereocenters. The maximum Gasteiger partial charge on any atom is 0.342 e. The normalized spacial score (nSPS) is 14.8. The summed E-state index contributed by atoms with van der Waals surface area (Å²) in [5.74, 6) is -1.88. The summed E-state index contributed by atoms with van der Waals surface area (Å²) in [7, 11) is -3.63. The van der Waals surface area contributed by atoms with Crippen molar-refractivity contribution >= 4 is 39.2 Å². The molecule has 2 N–H and O–H groups in total. The van der Waals surface area contributed by atoms with Crippen molar-refractivity contribution in [3.8, 4) is 5.75 Å². The maximum atomic E-state index is 12.8. The molecule has 0 saturated carbocycles. The van der Waals surface area contributed by atoms with E-state index in [1.165, 1.54) is 46.8 Å². The molecule has 1 heterocycles. The monoisotopic (exact) mass is 452 g/mol. The van der Waals surface area contributed by atoms with Gasteiger partial charge in [-0.15, -0.1) is 0 Å². The summed E-state index contributed by atoms with van der Waals surface area (Å²) in [6.45, 7) is 0.338. The van der Waals surface area contributed by atoms with Crippen molar-refractivity contribution in [2.75, 3.05) is 25.0 Å². The van der Waals surface area contributed by atoms with Crippen LogP contribution in [-0.4, -0.2) is 49.4 Å². The minimum atomic E-state index is -3.63. The molecular formula is C20H21ClN2O6S. The standard InChI is InChI=1S/C20H21ClN2O6S/c21-14-7-8-18(24)17(11-14)20(26)29-13-19(25)22-15-5-4-6-16(12-15)30(27,28)23-9-2-1-3-10-23/h4-8,11-12,24H,1-3,9-10,13H2,(H,22,25). The van der Waals surface area contributed by atoms with Gasteiger partial charge >= 0.3 is 5.97 Å². The molecule has 1 saturated heterocycles. The highest BCUT2D eigenvalue weighted by atomic mass is 35.5. The molecule has 0 aromatic heterocycles. The van der Waals surface area contributed by atoms with Crippen molar-refractivity contribution in [1.29, 1.82) is 0 Å². The van der Waals surface area contributed by atoms with Crippen LogP contribution in [0.5, 0.6) is 5.75 Å². The average molecular weight is 453 g/mol. The summed E-state index contributed by atoms with van der Waals surface area (Å²) in [5, 5.41) is 12.4. The summed E-state index contributed by atoms with van der Waals surface area (Å²) in [6, 6.07) is 9.79. The number of sulfonamides is 1. The van der Waals surface area contributed by atoms with Crippen molar-refractivity contribution in [3.63, 3.8) is 0 Å². The number of ether oxygens (including phenoxy) is 1. The molecule has 10 heteroatoms. The molecule has 3 rings (SSSR count). The molecule has 0 radical (unpaired) electrons. The lowest BCUT2D eigenvalue weighted by atomic mass is 10.2. The topological polar surface area (TPSA) is 113 Å². The van der Waals surface area contributed by atoms with E-state index in [0.717, 1.165) is 19.3 Å². The SMILES string of the molecule is O=C(COC(=O)c1cc(Cl)ccc1O)Nc1cccc(S(=O)(=O)N2CCCCC2)c1. The largest absolute Gasteiger partial charge is 0.507 e. The van der Waals surface area contributed by atoms with Crippen LogP contribution in [0.2, 0.25) is 5.02 Å². The Labute approximate surface area is 179 Å². The number of anilines is 1. The van der Waals surface area contributed by atoms with Crippen LogP contribution >= 0.6 is 11.6 Å². The molecule has 2 aromatic rings. The molecule has 2 aromatic carbocycles. The Morgan fingerprint density at radius 1 is 1.10 bits per heavy atom. The predicted octanol–water partition coefficient (Wildman–Crippen LogP) is 3.02. The van der Waals surface area contributed by atoms with E-state index in [1.54, 1.807) is 0 Å². The number of carbonyl (C=O) groups is 2. The van der Waals surface area contributed by atoms with Crippen LogP contribution in [0.4, 0.5) is 5.69 Å². The second kappa shape index (κ2) is 9.46. The Balaban J connectivity index is 1.62. The number of hydrogen-bond donors (Lipinski definition) is 2. The lowest BCUT2D eigenvalue weighted by Gasteiger charge is -2.26. The fourth-order valence-corrected chi connectivity index (χ4v) is 4.80. The lowest BCUT2D eigenvalue weighted by Crippen LogP contribution is -2.35. The Morgan fingerprint density at radius 2 is 1.83 bits per heavy atom. The van der Waals surface area contributed by atoms with Gasteiger partial charge in [-0.25, -0.2) is 13.2 Å². The van der Waals surface area contributed by atoms with Gasteiger partial charge in [-0.2, -0.15) is 4.31 Å². The molecule has 0 spiro atoms. The van der Waals surface area contributed by atoms with Crippen molar-refractivity contribution in [3.05, 3.63) is 53.1 Å². The molecular weight excluding hydrogens is 432 g/mol. The number of amides is 1. The van der Waals surface area contributed by atoms with E-state index < -0.39 is 28.5 Å². The third-order valence-corrected chi connectivity index (χ3v) is 6.71. The van der Waals surface area contributed by atoms with Gasteiger partial charge in [-0.05, 0) is 49.2 Å². The summed E-state index contributed by atoms with van der Waals surface area (Å²) in [4.78, 5) is 24.2. The molecule has 0 atom stereocenters. The maximum absolute atomic E-state index is 12.8. The zero-order valence-electron chi connectivity index (χ0n) is 16.0. The summed E-state index contributed by atoms with van der Waals surface area (Å²) in [5.41, 5.74) is 0.102. The van der Waals surface area contributed by atoms with Gasteiger partial charge in [0, 0.05) is 23.8 Å². The van der Waals surface area contributed by atoms with Gasteiger partial charge in [0.05, 0.1) is 4.90 Å². The third-order valence-electron chi connectivity index (χ3n) is 4.58. The first-order valence-corrected chi connectivity index (χ1v) is 11.1. The number of benzene rings is 2. The highest BCUT2D eigenvalue weighted by molar-refractivity contribution is 7.89. The van der Waals surface area contributed by atoms with Gasteiger partial charge in [-0.3, -0.25) is 4.79 Å². The van der Waals surface area contributed by atoms with Crippen LogP contribution in [0.25, 0.3) is 0 Å². The average Bonchev–Trinajstić information content (AvgIpc) is 2.74. The molecule has 8 nitrogen and oxygen atoms in total. The number of phenolic OH excluding ortho intramolecular Hbond substituents is 1. The van der Waals surface area contributed by atoms with Crippen LogP contribution in [-0.2, 0) is 19.6 Å².